The van der Waals surface area contributed by atoms with Crippen LogP contribution in [-0.4, -0.2) is 31.9 Å². The molecule has 0 aliphatic heterocycles. The lowest BCUT2D eigenvalue weighted by Crippen LogP contribution is -2.14. The predicted molar refractivity (Wildman–Crippen MR) is 73.7 cm³/mol. The minimum Gasteiger partial charge on any atom is -0.399 e. The molecule has 1 heterocycles. The molecular formula is C11H14N6OS. The molecule has 0 saturated carbocycles. The first-order chi connectivity index (χ1) is 9.19. The Balaban J connectivity index is 1.86. The summed E-state index contributed by atoms with van der Waals surface area (Å²) < 4.78 is 1.64. The quantitative estimate of drug-likeness (QED) is 0.625. The lowest BCUT2D eigenvalue weighted by Gasteiger charge is -2.05. The molecule has 2 rings (SSSR count). The first kappa shape index (κ1) is 13.3. The Kier molecular flexibility index (Phi) is 4.35. The number of nitrogens with one attached hydrogen (secondary N) is 1. The number of rotatable bonds is 5. The van der Waals surface area contributed by atoms with Crippen molar-refractivity contribution < 1.29 is 4.79 Å². The van der Waals surface area contributed by atoms with Gasteiger partial charge in [-0.3, -0.25) is 4.79 Å². The molecule has 0 radical (unpaired) electrons. The van der Waals surface area contributed by atoms with Gasteiger partial charge in [-0.05, 0) is 41.6 Å². The number of benzene rings is 1. The number of nitrogens with two attached hydrogens (primary N) is 1. The number of amides is 1. The van der Waals surface area contributed by atoms with Crippen molar-refractivity contribution in [3.63, 3.8) is 0 Å². The van der Waals surface area contributed by atoms with Gasteiger partial charge in [-0.15, -0.1) is 5.10 Å². The fraction of sp³-hybridized carbons (Fsp3) is 0.273. The van der Waals surface area contributed by atoms with Gasteiger partial charge in [0.2, 0.25) is 11.1 Å². The normalized spacial score (nSPS) is 10.4. The maximum atomic E-state index is 11.8. The fourth-order valence-corrected chi connectivity index (χ4v) is 2.13. The van der Waals surface area contributed by atoms with E-state index in [0.29, 0.717) is 17.4 Å². The van der Waals surface area contributed by atoms with E-state index in [1.54, 1.807) is 28.9 Å². The van der Waals surface area contributed by atoms with E-state index in [0.717, 1.165) is 5.69 Å². The van der Waals surface area contributed by atoms with E-state index in [1.165, 1.54) is 11.8 Å². The van der Waals surface area contributed by atoms with Gasteiger partial charge in [0.15, 0.2) is 0 Å². The van der Waals surface area contributed by atoms with Crippen LogP contribution in [0.4, 0.5) is 11.4 Å². The van der Waals surface area contributed by atoms with Crippen LogP contribution in [0, 0.1) is 0 Å². The molecule has 0 aliphatic carbocycles. The van der Waals surface area contributed by atoms with E-state index in [-0.39, 0.29) is 11.7 Å². The summed E-state index contributed by atoms with van der Waals surface area (Å²) >= 11 is 1.30. The van der Waals surface area contributed by atoms with Crippen LogP contribution in [0.1, 0.15) is 6.92 Å². The zero-order valence-electron chi connectivity index (χ0n) is 10.4. The predicted octanol–water partition coefficient (Wildman–Crippen LogP) is 1.01. The fourth-order valence-electron chi connectivity index (χ4n) is 1.39. The molecule has 0 unspecified atom stereocenters. The molecule has 0 saturated heterocycles. The number of nitrogens with zero attached hydrogens (tertiary/aromatic N) is 4. The lowest BCUT2D eigenvalue weighted by atomic mass is 10.3. The molecule has 100 valence electrons. The van der Waals surface area contributed by atoms with Crippen molar-refractivity contribution in [2.75, 3.05) is 16.8 Å². The molecule has 0 aliphatic rings. The van der Waals surface area contributed by atoms with Crippen LogP contribution in [0.3, 0.4) is 0 Å². The minimum atomic E-state index is -0.111. The maximum Gasteiger partial charge on any atom is 0.234 e. The average Bonchev–Trinajstić information content (AvgIpc) is 2.86. The van der Waals surface area contributed by atoms with Gasteiger partial charge in [-0.1, -0.05) is 11.8 Å². The zero-order valence-corrected chi connectivity index (χ0v) is 11.2. The summed E-state index contributed by atoms with van der Waals surface area (Å²) in [5.41, 5.74) is 6.95. The SMILES string of the molecule is CCn1nnnc1SCC(=O)Nc1ccc(N)cc1. The summed E-state index contributed by atoms with van der Waals surface area (Å²) in [6.07, 6.45) is 0. The molecule has 0 fully saturated rings. The second kappa shape index (κ2) is 6.19. The van der Waals surface area contributed by atoms with Crippen molar-refractivity contribution >= 4 is 29.0 Å². The van der Waals surface area contributed by atoms with Crippen LogP contribution in [0.25, 0.3) is 0 Å². The molecule has 1 aromatic heterocycles. The molecule has 1 aromatic carbocycles. The Bertz CT molecular complexity index is 553. The smallest absolute Gasteiger partial charge is 0.234 e. The van der Waals surface area contributed by atoms with E-state index in [4.69, 9.17) is 5.73 Å². The van der Waals surface area contributed by atoms with Crippen molar-refractivity contribution in [3.05, 3.63) is 24.3 Å². The topological polar surface area (TPSA) is 98.7 Å². The van der Waals surface area contributed by atoms with Crippen LogP contribution < -0.4 is 11.1 Å². The summed E-state index contributed by atoms with van der Waals surface area (Å²) in [6.45, 7) is 2.61. The van der Waals surface area contributed by atoms with Crippen LogP contribution >= 0.6 is 11.8 Å². The van der Waals surface area contributed by atoms with Gasteiger partial charge in [0.05, 0.1) is 5.75 Å². The number of nitrogen functional groups attached to an aromatic ring is 1. The molecular weight excluding hydrogens is 264 g/mol. The Hall–Kier alpha value is -2.09. The van der Waals surface area contributed by atoms with Crippen LogP contribution in [0.2, 0.25) is 0 Å². The number of thioether (sulfide) groups is 1. The molecule has 0 atom stereocenters. The highest BCUT2D eigenvalue weighted by Gasteiger charge is 2.09. The summed E-state index contributed by atoms with van der Waals surface area (Å²) in [4.78, 5) is 11.8. The number of carbonyl (C=O) groups excluding carboxylic acids is 1. The molecule has 8 heteroatoms. The van der Waals surface area contributed by atoms with Crippen molar-refractivity contribution in [2.24, 2.45) is 0 Å². The summed E-state index contributed by atoms with van der Waals surface area (Å²) in [6, 6.07) is 6.99. The Labute approximate surface area is 114 Å². The van der Waals surface area contributed by atoms with Crippen LogP contribution in [-0.2, 0) is 11.3 Å². The number of hydrogen-bond acceptors (Lipinski definition) is 6. The number of anilines is 2. The van der Waals surface area contributed by atoms with Crippen molar-refractivity contribution in [2.45, 2.75) is 18.6 Å². The second-order valence-corrected chi connectivity index (χ2v) is 4.68. The van der Waals surface area contributed by atoms with E-state index in [1.807, 2.05) is 6.92 Å². The van der Waals surface area contributed by atoms with Gasteiger partial charge in [-0.25, -0.2) is 4.68 Å². The number of carbonyl (C=O) groups is 1. The maximum absolute atomic E-state index is 11.8. The number of hydrogen-bond donors (Lipinski definition) is 2. The highest BCUT2D eigenvalue weighted by atomic mass is 32.2. The first-order valence-corrected chi connectivity index (χ1v) is 6.72. The van der Waals surface area contributed by atoms with Gasteiger partial charge in [0.1, 0.15) is 0 Å². The first-order valence-electron chi connectivity index (χ1n) is 5.73. The van der Waals surface area contributed by atoms with E-state index in [2.05, 4.69) is 20.8 Å². The van der Waals surface area contributed by atoms with E-state index >= 15 is 0 Å². The van der Waals surface area contributed by atoms with Crippen molar-refractivity contribution in [3.8, 4) is 0 Å². The van der Waals surface area contributed by atoms with Gasteiger partial charge in [0.25, 0.3) is 0 Å². The lowest BCUT2D eigenvalue weighted by molar-refractivity contribution is -0.113. The Morgan fingerprint density at radius 3 is 2.84 bits per heavy atom. The van der Waals surface area contributed by atoms with E-state index < -0.39 is 0 Å². The molecule has 0 bridgehead atoms. The van der Waals surface area contributed by atoms with Gasteiger partial charge >= 0.3 is 0 Å². The monoisotopic (exact) mass is 278 g/mol. The highest BCUT2D eigenvalue weighted by Crippen LogP contribution is 2.15. The van der Waals surface area contributed by atoms with Crippen molar-refractivity contribution in [1.29, 1.82) is 0 Å². The zero-order chi connectivity index (χ0) is 13.7. The van der Waals surface area contributed by atoms with Crippen molar-refractivity contribution in [1.82, 2.24) is 20.2 Å². The highest BCUT2D eigenvalue weighted by molar-refractivity contribution is 7.99. The van der Waals surface area contributed by atoms with Gasteiger partial charge in [-0.2, -0.15) is 0 Å². The third kappa shape index (κ3) is 3.68. The molecule has 0 spiro atoms. The molecule has 1 amide bonds. The molecule has 19 heavy (non-hydrogen) atoms. The standard InChI is InChI=1S/C11H14N6OS/c1-2-17-11(14-15-16-17)19-7-10(18)13-9-5-3-8(12)4-6-9/h3-6H,2,7,12H2,1H3,(H,13,18). The third-order valence-corrected chi connectivity index (χ3v) is 3.28. The molecule has 7 nitrogen and oxygen atoms in total. The van der Waals surface area contributed by atoms with Crippen LogP contribution in [0.5, 0.6) is 0 Å². The molecule has 3 N–H and O–H groups in total. The van der Waals surface area contributed by atoms with Gasteiger partial charge < -0.3 is 11.1 Å². The Morgan fingerprint density at radius 2 is 2.16 bits per heavy atom. The summed E-state index contributed by atoms with van der Waals surface area (Å²) in [5, 5.41) is 14.6. The largest absolute Gasteiger partial charge is 0.399 e. The number of aryl methyl sites for hydroxylation is 1. The third-order valence-electron chi connectivity index (χ3n) is 2.33. The van der Waals surface area contributed by atoms with E-state index in [9.17, 15) is 4.79 Å². The average molecular weight is 278 g/mol. The second-order valence-electron chi connectivity index (χ2n) is 3.74. The number of tetrazole rings is 1. The minimum absolute atomic E-state index is 0.111. The summed E-state index contributed by atoms with van der Waals surface area (Å²) in [5.74, 6) is 0.144. The summed E-state index contributed by atoms with van der Waals surface area (Å²) in [7, 11) is 0. The van der Waals surface area contributed by atoms with Crippen LogP contribution in [0.15, 0.2) is 29.4 Å². The Morgan fingerprint density at radius 1 is 1.42 bits per heavy atom. The molecule has 2 aromatic rings. The van der Waals surface area contributed by atoms with Gasteiger partial charge in [0, 0.05) is 17.9 Å². The number of aromatic nitrogens is 4.